The van der Waals surface area contributed by atoms with Crippen LogP contribution in [-0.2, 0) is 19.1 Å². The molecule has 2 aromatic rings. The first-order valence-corrected chi connectivity index (χ1v) is 6.49. The van der Waals surface area contributed by atoms with Gasteiger partial charge in [0.25, 0.3) is 0 Å². The van der Waals surface area contributed by atoms with Gasteiger partial charge in [-0.2, -0.15) is 18.3 Å². The minimum Gasteiger partial charge on any atom is -0.312 e. The summed E-state index contributed by atoms with van der Waals surface area (Å²) in [5, 5.41) is 7.18. The number of alkyl halides is 3. The molecule has 1 N–H and O–H groups in total. The van der Waals surface area contributed by atoms with Crippen molar-refractivity contribution in [1.29, 1.82) is 0 Å². The Morgan fingerprint density at radius 3 is 2.80 bits per heavy atom. The maximum Gasteiger partial charge on any atom is 0.435 e. The van der Waals surface area contributed by atoms with Crippen molar-refractivity contribution in [2.45, 2.75) is 19.1 Å². The molecule has 0 radical (unpaired) electrons. The van der Waals surface area contributed by atoms with Crippen LogP contribution in [0.25, 0.3) is 5.69 Å². The van der Waals surface area contributed by atoms with Crippen LogP contribution in [0.2, 0.25) is 5.02 Å². The lowest BCUT2D eigenvalue weighted by atomic mass is 10.1. The van der Waals surface area contributed by atoms with Crippen LogP contribution in [0.15, 0.2) is 24.3 Å². The Bertz CT molecular complexity index is 649. The van der Waals surface area contributed by atoms with Gasteiger partial charge >= 0.3 is 6.18 Å². The van der Waals surface area contributed by atoms with Crippen LogP contribution in [-0.4, -0.2) is 16.3 Å². The van der Waals surface area contributed by atoms with Gasteiger partial charge in [-0.25, -0.2) is 4.68 Å². The molecule has 1 aliphatic rings. The third kappa shape index (κ3) is 2.29. The van der Waals surface area contributed by atoms with E-state index in [0.29, 0.717) is 29.4 Å². The summed E-state index contributed by atoms with van der Waals surface area (Å²) in [6.45, 7) is 0.821. The van der Waals surface area contributed by atoms with Gasteiger partial charge in [0.05, 0.1) is 11.4 Å². The highest BCUT2D eigenvalue weighted by Gasteiger charge is 2.39. The topological polar surface area (TPSA) is 29.9 Å². The van der Waals surface area contributed by atoms with Crippen LogP contribution in [0.1, 0.15) is 17.0 Å². The number of fused-ring (bicyclic) bond motifs is 1. The van der Waals surface area contributed by atoms with E-state index in [-0.39, 0.29) is 12.1 Å². The molecule has 106 valence electrons. The molecule has 0 unspecified atom stereocenters. The predicted molar refractivity (Wildman–Crippen MR) is 69.0 cm³/mol. The Morgan fingerprint density at radius 1 is 1.30 bits per heavy atom. The second kappa shape index (κ2) is 4.79. The fourth-order valence-corrected chi connectivity index (χ4v) is 2.58. The minimum atomic E-state index is -4.45. The molecule has 1 aromatic carbocycles. The van der Waals surface area contributed by atoms with E-state index >= 15 is 0 Å². The highest BCUT2D eigenvalue weighted by molar-refractivity contribution is 6.30. The van der Waals surface area contributed by atoms with Gasteiger partial charge in [-0.3, -0.25) is 0 Å². The number of nitrogens with zero attached hydrogens (tertiary/aromatic N) is 2. The Kier molecular flexibility index (Phi) is 3.22. The van der Waals surface area contributed by atoms with Crippen molar-refractivity contribution < 1.29 is 13.2 Å². The van der Waals surface area contributed by atoms with Gasteiger partial charge < -0.3 is 5.32 Å². The van der Waals surface area contributed by atoms with E-state index in [4.69, 9.17) is 11.6 Å². The molecular weight excluding hydrogens is 291 g/mol. The van der Waals surface area contributed by atoms with Gasteiger partial charge in [0.15, 0.2) is 5.69 Å². The molecule has 0 saturated heterocycles. The molecule has 0 aliphatic carbocycles. The zero-order valence-corrected chi connectivity index (χ0v) is 11.1. The fraction of sp³-hybridized carbons (Fsp3) is 0.308. The van der Waals surface area contributed by atoms with Crippen molar-refractivity contribution >= 4 is 11.6 Å². The predicted octanol–water partition coefficient (Wildman–Crippen LogP) is 3.19. The Labute approximate surface area is 118 Å². The largest absolute Gasteiger partial charge is 0.435 e. The zero-order chi connectivity index (χ0) is 14.3. The van der Waals surface area contributed by atoms with Gasteiger partial charge in [-0.1, -0.05) is 17.7 Å². The molecule has 0 spiro atoms. The summed E-state index contributed by atoms with van der Waals surface area (Å²) in [7, 11) is 0. The van der Waals surface area contributed by atoms with E-state index in [0.717, 1.165) is 0 Å². The van der Waals surface area contributed by atoms with Crippen LogP contribution in [0.3, 0.4) is 0 Å². The zero-order valence-electron chi connectivity index (χ0n) is 10.3. The molecule has 7 heteroatoms. The molecule has 20 heavy (non-hydrogen) atoms. The van der Waals surface area contributed by atoms with Crippen LogP contribution in [0.4, 0.5) is 13.2 Å². The Balaban J connectivity index is 2.19. The molecule has 1 aromatic heterocycles. The molecule has 1 aliphatic heterocycles. The molecule has 0 fully saturated rings. The molecular formula is C13H11ClF3N3. The van der Waals surface area contributed by atoms with Crippen molar-refractivity contribution in [1.82, 2.24) is 15.1 Å². The van der Waals surface area contributed by atoms with Crippen molar-refractivity contribution in [3.8, 4) is 5.69 Å². The number of hydrogen-bond acceptors (Lipinski definition) is 2. The second-order valence-electron chi connectivity index (χ2n) is 4.59. The second-order valence-corrected chi connectivity index (χ2v) is 5.03. The van der Waals surface area contributed by atoms with E-state index < -0.39 is 11.9 Å². The molecule has 3 rings (SSSR count). The number of rotatable bonds is 1. The van der Waals surface area contributed by atoms with E-state index in [2.05, 4.69) is 10.4 Å². The summed E-state index contributed by atoms with van der Waals surface area (Å²) >= 11 is 5.90. The average molecular weight is 302 g/mol. The number of aromatic nitrogens is 2. The number of hydrogen-bond donors (Lipinski definition) is 1. The third-order valence-corrected chi connectivity index (χ3v) is 3.49. The quantitative estimate of drug-likeness (QED) is 0.876. The van der Waals surface area contributed by atoms with Crippen LogP contribution in [0, 0.1) is 0 Å². The molecule has 3 nitrogen and oxygen atoms in total. The van der Waals surface area contributed by atoms with Gasteiger partial charge in [0.2, 0.25) is 0 Å². The van der Waals surface area contributed by atoms with Gasteiger partial charge in [-0.15, -0.1) is 0 Å². The molecule has 2 heterocycles. The van der Waals surface area contributed by atoms with Gasteiger partial charge in [0.1, 0.15) is 0 Å². The molecule has 0 bridgehead atoms. The van der Waals surface area contributed by atoms with E-state index in [1.165, 1.54) is 4.68 Å². The fourth-order valence-electron chi connectivity index (χ4n) is 2.40. The van der Waals surface area contributed by atoms with E-state index in [9.17, 15) is 13.2 Å². The number of nitrogens with one attached hydrogen (secondary N) is 1. The highest BCUT2D eigenvalue weighted by atomic mass is 35.5. The summed E-state index contributed by atoms with van der Waals surface area (Å²) in [4.78, 5) is 0. The molecule has 0 amide bonds. The van der Waals surface area contributed by atoms with Crippen LogP contribution >= 0.6 is 11.6 Å². The monoisotopic (exact) mass is 301 g/mol. The lowest BCUT2D eigenvalue weighted by Gasteiger charge is -2.16. The van der Waals surface area contributed by atoms with E-state index in [1.807, 2.05) is 0 Å². The minimum absolute atomic E-state index is 0.185. The average Bonchev–Trinajstić information content (AvgIpc) is 2.78. The Morgan fingerprint density at radius 2 is 2.10 bits per heavy atom. The first-order valence-electron chi connectivity index (χ1n) is 6.11. The smallest absolute Gasteiger partial charge is 0.312 e. The van der Waals surface area contributed by atoms with Gasteiger partial charge in [-0.05, 0) is 18.2 Å². The van der Waals surface area contributed by atoms with Crippen molar-refractivity contribution in [2.75, 3.05) is 6.54 Å². The standard InChI is InChI=1S/C13H11ClF3N3/c14-8-2-1-3-9(6-8)20-11-4-5-18-7-10(11)12(19-20)13(15,16)17/h1-3,6,18H,4-5,7H2. The van der Waals surface area contributed by atoms with Crippen molar-refractivity contribution in [3.05, 3.63) is 46.2 Å². The lowest BCUT2D eigenvalue weighted by molar-refractivity contribution is -0.142. The number of halogens is 4. The first kappa shape index (κ1) is 13.5. The molecule has 0 saturated carbocycles. The van der Waals surface area contributed by atoms with Gasteiger partial charge in [0, 0.05) is 30.1 Å². The summed E-state index contributed by atoms with van der Waals surface area (Å²) in [6.07, 6.45) is -3.95. The summed E-state index contributed by atoms with van der Waals surface area (Å²) in [5.74, 6) is 0. The maximum absolute atomic E-state index is 13.1. The normalized spacial score (nSPS) is 15.2. The SMILES string of the molecule is FC(F)(F)c1nn(-c2cccc(Cl)c2)c2c1CNCC2. The molecule has 0 atom stereocenters. The lowest BCUT2D eigenvalue weighted by Crippen LogP contribution is -2.25. The number of benzene rings is 1. The maximum atomic E-state index is 13.1. The van der Waals surface area contributed by atoms with Crippen molar-refractivity contribution in [2.24, 2.45) is 0 Å². The first-order chi connectivity index (χ1) is 9.47. The van der Waals surface area contributed by atoms with E-state index in [1.54, 1.807) is 24.3 Å². The van der Waals surface area contributed by atoms with Crippen molar-refractivity contribution in [3.63, 3.8) is 0 Å². The summed E-state index contributed by atoms with van der Waals surface area (Å²) in [5.41, 5.74) is 0.549. The summed E-state index contributed by atoms with van der Waals surface area (Å²) < 4.78 is 40.5. The third-order valence-electron chi connectivity index (χ3n) is 3.25. The Hall–Kier alpha value is -1.53. The summed E-state index contributed by atoms with van der Waals surface area (Å²) in [6, 6.07) is 6.67. The van der Waals surface area contributed by atoms with Crippen LogP contribution in [0.5, 0.6) is 0 Å². The van der Waals surface area contributed by atoms with Crippen LogP contribution < -0.4 is 5.32 Å². The highest BCUT2D eigenvalue weighted by Crippen LogP contribution is 2.34.